The first-order chi connectivity index (χ1) is 9.69. The van der Waals surface area contributed by atoms with Crippen LogP contribution in [0, 0.1) is 11.3 Å². The fourth-order valence-electron chi connectivity index (χ4n) is 1.38. The molecule has 0 saturated heterocycles. The highest BCUT2D eigenvalue weighted by Crippen LogP contribution is 2.16. The molecule has 0 bridgehead atoms. The average molecular weight is 289 g/mol. The van der Waals surface area contributed by atoms with E-state index < -0.39 is 0 Å². The fraction of sp³-hybridized carbons (Fsp3) is 0.0769. The molecule has 1 aromatic carbocycles. The first kappa shape index (κ1) is 13.8. The van der Waals surface area contributed by atoms with Gasteiger partial charge in [-0.3, -0.25) is 4.79 Å². The number of nitrogens with zero attached hydrogens (tertiary/aromatic N) is 3. The standard InChI is InChI=1S/C13H9ClN4O2/c14-12-6-5-11(17-18-12)13(19)16-9-1-3-10(4-2-9)20-8-7-15/h1-6H,8H2,(H,16,19). The van der Waals surface area contributed by atoms with Crippen molar-refractivity contribution in [1.29, 1.82) is 5.26 Å². The zero-order chi connectivity index (χ0) is 14.4. The molecule has 0 spiro atoms. The second kappa shape index (κ2) is 6.50. The summed E-state index contributed by atoms with van der Waals surface area (Å²) in [5, 5.41) is 18.5. The maximum Gasteiger partial charge on any atom is 0.276 e. The van der Waals surface area contributed by atoms with E-state index in [1.54, 1.807) is 24.3 Å². The predicted molar refractivity (Wildman–Crippen MR) is 72.5 cm³/mol. The number of rotatable bonds is 4. The van der Waals surface area contributed by atoms with Crippen LogP contribution >= 0.6 is 11.6 Å². The summed E-state index contributed by atoms with van der Waals surface area (Å²) in [5.41, 5.74) is 0.746. The Balaban J connectivity index is 2.01. The molecule has 100 valence electrons. The molecule has 20 heavy (non-hydrogen) atoms. The molecule has 1 amide bonds. The van der Waals surface area contributed by atoms with Crippen LogP contribution in [0.1, 0.15) is 10.5 Å². The topological polar surface area (TPSA) is 87.9 Å². The molecule has 6 nitrogen and oxygen atoms in total. The van der Waals surface area contributed by atoms with Gasteiger partial charge in [-0.25, -0.2) is 0 Å². The van der Waals surface area contributed by atoms with Crippen LogP contribution in [0.15, 0.2) is 36.4 Å². The average Bonchev–Trinajstić information content (AvgIpc) is 2.47. The number of benzene rings is 1. The lowest BCUT2D eigenvalue weighted by Gasteiger charge is -2.06. The van der Waals surface area contributed by atoms with Gasteiger partial charge in [0.2, 0.25) is 0 Å². The zero-order valence-electron chi connectivity index (χ0n) is 10.2. The van der Waals surface area contributed by atoms with Crippen molar-refractivity contribution in [3.63, 3.8) is 0 Å². The van der Waals surface area contributed by atoms with Crippen LogP contribution in [0.2, 0.25) is 5.15 Å². The molecule has 7 heteroatoms. The maximum atomic E-state index is 11.9. The van der Waals surface area contributed by atoms with Gasteiger partial charge in [-0.1, -0.05) is 11.6 Å². The number of carbonyl (C=O) groups excluding carboxylic acids is 1. The Labute approximate surface area is 120 Å². The third-order valence-corrected chi connectivity index (χ3v) is 2.48. The van der Waals surface area contributed by atoms with Crippen molar-refractivity contribution in [3.05, 3.63) is 47.2 Å². The van der Waals surface area contributed by atoms with Crippen LogP contribution in [-0.4, -0.2) is 22.7 Å². The lowest BCUT2D eigenvalue weighted by molar-refractivity contribution is 0.102. The van der Waals surface area contributed by atoms with Crippen molar-refractivity contribution in [3.8, 4) is 11.8 Å². The zero-order valence-corrected chi connectivity index (χ0v) is 11.0. The summed E-state index contributed by atoms with van der Waals surface area (Å²) in [5.74, 6) is 0.163. The SMILES string of the molecule is N#CCOc1ccc(NC(=O)c2ccc(Cl)nn2)cc1. The van der Waals surface area contributed by atoms with Crippen LogP contribution < -0.4 is 10.1 Å². The van der Waals surface area contributed by atoms with Gasteiger partial charge in [0, 0.05) is 5.69 Å². The number of carbonyl (C=O) groups is 1. The minimum Gasteiger partial charge on any atom is -0.479 e. The molecule has 0 atom stereocenters. The van der Waals surface area contributed by atoms with Crippen molar-refractivity contribution < 1.29 is 9.53 Å². The molecule has 0 unspecified atom stereocenters. The molecule has 0 aliphatic rings. The number of aromatic nitrogens is 2. The van der Waals surface area contributed by atoms with Gasteiger partial charge in [0.1, 0.15) is 11.8 Å². The molecule has 0 aliphatic heterocycles. The highest BCUT2D eigenvalue weighted by atomic mass is 35.5. The normalized spacial score (nSPS) is 9.60. The van der Waals surface area contributed by atoms with E-state index in [1.807, 2.05) is 6.07 Å². The van der Waals surface area contributed by atoms with Crippen molar-refractivity contribution in [1.82, 2.24) is 10.2 Å². The van der Waals surface area contributed by atoms with Gasteiger partial charge < -0.3 is 10.1 Å². The fourth-order valence-corrected chi connectivity index (χ4v) is 1.48. The molecule has 2 rings (SSSR count). The van der Waals surface area contributed by atoms with Gasteiger partial charge in [0.15, 0.2) is 17.5 Å². The number of hydrogen-bond donors (Lipinski definition) is 1. The van der Waals surface area contributed by atoms with E-state index in [0.717, 1.165) is 0 Å². The first-order valence-electron chi connectivity index (χ1n) is 5.59. The summed E-state index contributed by atoms with van der Waals surface area (Å²) in [7, 11) is 0. The highest BCUT2D eigenvalue weighted by molar-refractivity contribution is 6.29. The van der Waals surface area contributed by atoms with Crippen molar-refractivity contribution in [2.45, 2.75) is 0 Å². The van der Waals surface area contributed by atoms with Gasteiger partial charge in [-0.05, 0) is 36.4 Å². The van der Waals surface area contributed by atoms with Gasteiger partial charge in [-0.15, -0.1) is 10.2 Å². The molecular weight excluding hydrogens is 280 g/mol. The third kappa shape index (κ3) is 3.67. The summed E-state index contributed by atoms with van der Waals surface area (Å²) < 4.78 is 5.10. The van der Waals surface area contributed by atoms with Crippen LogP contribution in [0.4, 0.5) is 5.69 Å². The Kier molecular flexibility index (Phi) is 4.47. The van der Waals surface area contributed by atoms with E-state index >= 15 is 0 Å². The second-order valence-corrected chi connectivity index (χ2v) is 4.05. The summed E-state index contributed by atoms with van der Waals surface area (Å²) in [4.78, 5) is 11.9. The summed E-state index contributed by atoms with van der Waals surface area (Å²) in [6.07, 6.45) is 0. The van der Waals surface area contributed by atoms with E-state index in [2.05, 4.69) is 15.5 Å². The molecule has 2 aromatic rings. The molecule has 0 fully saturated rings. The Morgan fingerprint density at radius 2 is 2.00 bits per heavy atom. The van der Waals surface area contributed by atoms with Crippen LogP contribution in [0.3, 0.4) is 0 Å². The summed E-state index contributed by atoms with van der Waals surface area (Å²) in [6.45, 7) is -0.0218. The van der Waals surface area contributed by atoms with E-state index in [-0.39, 0.29) is 23.4 Å². The maximum absolute atomic E-state index is 11.9. The first-order valence-corrected chi connectivity index (χ1v) is 5.97. The van der Waals surface area contributed by atoms with E-state index in [1.165, 1.54) is 12.1 Å². The van der Waals surface area contributed by atoms with Crippen molar-refractivity contribution >= 4 is 23.2 Å². The lowest BCUT2D eigenvalue weighted by atomic mass is 10.3. The summed E-state index contributed by atoms with van der Waals surface area (Å²) in [6, 6.07) is 11.5. The van der Waals surface area contributed by atoms with E-state index in [9.17, 15) is 4.79 Å². The molecule has 0 saturated carbocycles. The number of ether oxygens (including phenoxy) is 1. The Bertz CT molecular complexity index is 635. The number of hydrogen-bond acceptors (Lipinski definition) is 5. The quantitative estimate of drug-likeness (QED) is 0.932. The highest BCUT2D eigenvalue weighted by Gasteiger charge is 2.08. The smallest absolute Gasteiger partial charge is 0.276 e. The molecule has 0 aliphatic carbocycles. The Hall–Kier alpha value is -2.65. The lowest BCUT2D eigenvalue weighted by Crippen LogP contribution is -2.14. The van der Waals surface area contributed by atoms with Gasteiger partial charge in [0.05, 0.1) is 0 Å². The number of anilines is 1. The minimum atomic E-state index is -0.389. The molecule has 1 N–H and O–H groups in total. The van der Waals surface area contributed by atoms with E-state index in [0.29, 0.717) is 11.4 Å². The van der Waals surface area contributed by atoms with Crippen LogP contribution in [0.25, 0.3) is 0 Å². The number of amides is 1. The van der Waals surface area contributed by atoms with Gasteiger partial charge >= 0.3 is 0 Å². The minimum absolute atomic E-state index is 0.0218. The molecule has 1 aromatic heterocycles. The second-order valence-electron chi connectivity index (χ2n) is 3.67. The monoisotopic (exact) mass is 288 g/mol. The van der Waals surface area contributed by atoms with Gasteiger partial charge in [0.25, 0.3) is 5.91 Å². The van der Waals surface area contributed by atoms with E-state index in [4.69, 9.17) is 21.6 Å². The van der Waals surface area contributed by atoms with Crippen molar-refractivity contribution in [2.75, 3.05) is 11.9 Å². The predicted octanol–water partition coefficient (Wildman–Crippen LogP) is 2.28. The third-order valence-electron chi connectivity index (χ3n) is 2.28. The Morgan fingerprint density at radius 1 is 1.25 bits per heavy atom. The summed E-state index contributed by atoms with van der Waals surface area (Å²) >= 11 is 5.59. The van der Waals surface area contributed by atoms with Crippen LogP contribution in [-0.2, 0) is 0 Å². The molecular formula is C13H9ClN4O2. The van der Waals surface area contributed by atoms with Gasteiger partial charge in [-0.2, -0.15) is 5.26 Å². The molecule has 1 heterocycles. The number of halogens is 1. The van der Waals surface area contributed by atoms with Crippen LogP contribution in [0.5, 0.6) is 5.75 Å². The molecule has 0 radical (unpaired) electrons. The Morgan fingerprint density at radius 3 is 2.60 bits per heavy atom. The van der Waals surface area contributed by atoms with Crippen molar-refractivity contribution in [2.24, 2.45) is 0 Å². The number of nitriles is 1. The number of nitrogens with one attached hydrogen (secondary N) is 1. The largest absolute Gasteiger partial charge is 0.479 e.